The fourth-order valence-electron chi connectivity index (χ4n) is 4.62. The van der Waals surface area contributed by atoms with E-state index in [-0.39, 0.29) is 10.3 Å². The Hall–Kier alpha value is -2.18. The van der Waals surface area contributed by atoms with Crippen molar-refractivity contribution in [3.8, 4) is 0 Å². The van der Waals surface area contributed by atoms with Crippen LogP contribution < -0.4 is 0 Å². The predicted octanol–water partition coefficient (Wildman–Crippen LogP) is 4.13. The Morgan fingerprint density at radius 2 is 1.78 bits per heavy atom. The molecular weight excluding hydrogens is 360 g/mol. The molecule has 0 N–H and O–H groups in total. The molecule has 0 amide bonds. The number of rotatable bonds is 3. The number of benzene rings is 2. The molecule has 0 unspecified atom stereocenters. The molecule has 5 nitrogen and oxygen atoms in total. The summed E-state index contributed by atoms with van der Waals surface area (Å²) in [7, 11) is -4.50. The highest BCUT2D eigenvalue weighted by atomic mass is 32.2. The lowest BCUT2D eigenvalue weighted by molar-refractivity contribution is -0.434. The highest BCUT2D eigenvalue weighted by Gasteiger charge is 2.44. The second-order valence-corrected chi connectivity index (χ2v) is 9.07. The highest BCUT2D eigenvalue weighted by Crippen LogP contribution is 2.47. The summed E-state index contributed by atoms with van der Waals surface area (Å²) in [6.45, 7) is 12.4. The number of nitrogens with zero attached hydrogens (tertiary/aromatic N) is 2. The van der Waals surface area contributed by atoms with Gasteiger partial charge in [-0.15, -0.1) is 0 Å². The molecule has 0 fully saturated rings. The summed E-state index contributed by atoms with van der Waals surface area (Å²) in [4.78, 5) is -0.174. The molecule has 0 spiro atoms. The quantitative estimate of drug-likeness (QED) is 0.504. The van der Waals surface area contributed by atoms with E-state index in [0.29, 0.717) is 0 Å². The number of fused-ring (bicyclic) bond motifs is 5. The van der Waals surface area contributed by atoms with Crippen molar-refractivity contribution >= 4 is 43.3 Å². The Labute approximate surface area is 159 Å². The number of hydrogen-bond acceptors (Lipinski definition) is 3. The van der Waals surface area contributed by atoms with Gasteiger partial charge >= 0.3 is 0 Å². The Kier molecular flexibility index (Phi) is 3.81. The normalized spacial score (nSPS) is 16.5. The molecule has 0 saturated carbocycles. The summed E-state index contributed by atoms with van der Waals surface area (Å²) in [5.74, 6) is 0. The van der Waals surface area contributed by atoms with Crippen LogP contribution in [0.25, 0.3) is 21.8 Å². The minimum atomic E-state index is -4.50. The van der Waals surface area contributed by atoms with Gasteiger partial charge in [0.25, 0.3) is 0 Å². The van der Waals surface area contributed by atoms with E-state index in [1.54, 1.807) is 12.1 Å². The van der Waals surface area contributed by atoms with Crippen LogP contribution in [0, 0.1) is 0 Å². The predicted molar refractivity (Wildman–Crippen MR) is 107 cm³/mol. The lowest BCUT2D eigenvalue weighted by Crippen LogP contribution is -2.26. The first-order chi connectivity index (χ1) is 12.6. The van der Waals surface area contributed by atoms with Gasteiger partial charge in [-0.05, 0) is 52.0 Å². The largest absolute Gasteiger partial charge is 0.744 e. The zero-order valence-electron chi connectivity index (χ0n) is 16.3. The van der Waals surface area contributed by atoms with E-state index in [2.05, 4.69) is 55.9 Å². The molecule has 6 heteroatoms. The maximum atomic E-state index is 11.6. The van der Waals surface area contributed by atoms with Crippen LogP contribution in [0.5, 0.6) is 0 Å². The molecule has 3 aromatic rings. The molecule has 1 aromatic heterocycles. The Balaban J connectivity index is 2.24. The van der Waals surface area contributed by atoms with E-state index >= 15 is 0 Å². The van der Waals surface area contributed by atoms with Crippen LogP contribution in [0.2, 0.25) is 0 Å². The topological polar surface area (TPSA) is 65.1 Å². The lowest BCUT2D eigenvalue weighted by atomic mass is 9.80. The van der Waals surface area contributed by atoms with Crippen LogP contribution in [0.3, 0.4) is 0 Å². The van der Waals surface area contributed by atoms with Gasteiger partial charge in [-0.3, -0.25) is 0 Å². The molecule has 0 radical (unpaired) electrons. The molecular formula is C21H24N2O3S. The summed E-state index contributed by atoms with van der Waals surface area (Å²) in [5, 5.41) is 1.88. The molecule has 1 aliphatic heterocycles. The molecule has 0 saturated heterocycles. The first kappa shape index (κ1) is 18.2. The third-order valence-electron chi connectivity index (χ3n) is 6.13. The molecule has 27 heavy (non-hydrogen) atoms. The van der Waals surface area contributed by atoms with Gasteiger partial charge in [-0.1, -0.05) is 0 Å². The Morgan fingerprint density at radius 3 is 2.37 bits per heavy atom. The van der Waals surface area contributed by atoms with Crippen molar-refractivity contribution in [2.75, 3.05) is 6.54 Å². The summed E-state index contributed by atoms with van der Waals surface area (Å²) in [5.41, 5.74) is 5.50. The zero-order valence-corrected chi connectivity index (χ0v) is 17.1. The van der Waals surface area contributed by atoms with E-state index < -0.39 is 10.1 Å². The van der Waals surface area contributed by atoms with Crippen molar-refractivity contribution in [3.05, 3.63) is 35.9 Å². The monoisotopic (exact) mass is 384 g/mol. The molecule has 2 heterocycles. The molecule has 2 aromatic carbocycles. The van der Waals surface area contributed by atoms with Gasteiger partial charge in [0, 0.05) is 46.9 Å². The average molecular weight is 385 g/mol. The third-order valence-corrected chi connectivity index (χ3v) is 6.96. The zero-order chi connectivity index (χ0) is 19.7. The van der Waals surface area contributed by atoms with Gasteiger partial charge in [0.05, 0.1) is 10.3 Å². The van der Waals surface area contributed by atoms with E-state index in [1.807, 2.05) is 0 Å². The van der Waals surface area contributed by atoms with Crippen LogP contribution in [0.1, 0.15) is 40.2 Å². The minimum absolute atomic E-state index is 0.174. The molecule has 4 rings (SSSR count). The fraction of sp³-hybridized carbons (Fsp3) is 0.381. The number of hydrogen-bond donors (Lipinski definition) is 0. The van der Waals surface area contributed by atoms with E-state index in [1.165, 1.54) is 17.3 Å². The maximum Gasteiger partial charge on any atom is 0.210 e. The lowest BCUT2D eigenvalue weighted by Gasteiger charge is -2.16. The first-order valence-corrected chi connectivity index (χ1v) is 10.7. The van der Waals surface area contributed by atoms with Crippen molar-refractivity contribution in [3.63, 3.8) is 0 Å². The minimum Gasteiger partial charge on any atom is -0.744 e. The van der Waals surface area contributed by atoms with Gasteiger partial charge in [-0.2, -0.15) is 4.58 Å². The van der Waals surface area contributed by atoms with Crippen molar-refractivity contribution in [2.24, 2.45) is 0 Å². The van der Waals surface area contributed by atoms with Crippen molar-refractivity contribution in [2.45, 2.75) is 51.5 Å². The van der Waals surface area contributed by atoms with Gasteiger partial charge in [0.2, 0.25) is 5.69 Å². The van der Waals surface area contributed by atoms with Gasteiger partial charge in [0.15, 0.2) is 5.71 Å². The summed E-state index contributed by atoms with van der Waals surface area (Å²) in [6, 6.07) is 8.99. The number of aryl methyl sites for hydroxylation is 1. The van der Waals surface area contributed by atoms with Crippen LogP contribution in [-0.2, 0) is 22.1 Å². The van der Waals surface area contributed by atoms with E-state index in [0.717, 1.165) is 40.6 Å². The first-order valence-electron chi connectivity index (χ1n) is 9.29. The fourth-order valence-corrected chi connectivity index (χ4v) is 5.12. The molecule has 0 aliphatic carbocycles. The molecule has 142 valence electrons. The smallest absolute Gasteiger partial charge is 0.210 e. The standard InChI is InChI=1S/C21H24N2O3S/c1-6-22-13(3)21(4,5)20-18(22)11-10-17-19(20)15-12-14(27(24,25)26)8-9-16(15)23(17)7-2/h8-12H,6-7H2,1-5H3. The summed E-state index contributed by atoms with van der Waals surface area (Å²) < 4.78 is 39.4. The van der Waals surface area contributed by atoms with Crippen LogP contribution in [0.15, 0.2) is 35.2 Å². The highest BCUT2D eigenvalue weighted by molar-refractivity contribution is 7.85. The summed E-state index contributed by atoms with van der Waals surface area (Å²) >= 11 is 0. The van der Waals surface area contributed by atoms with Crippen molar-refractivity contribution in [1.82, 2.24) is 4.57 Å². The Morgan fingerprint density at radius 1 is 1.11 bits per heavy atom. The average Bonchev–Trinajstić information content (AvgIpc) is 3.03. The van der Waals surface area contributed by atoms with E-state index in [9.17, 15) is 13.0 Å². The van der Waals surface area contributed by atoms with Crippen LogP contribution in [-0.4, -0.2) is 34.4 Å². The Bertz CT molecular complexity index is 1250. The van der Waals surface area contributed by atoms with Gasteiger partial charge in [0.1, 0.15) is 16.7 Å². The number of aromatic nitrogens is 1. The SMILES string of the molecule is CCn1c2ccc(S(=O)(=O)[O-])cc2c2c3c(ccc21)[N+](CC)=C(C)C3(C)C. The summed E-state index contributed by atoms with van der Waals surface area (Å²) in [6.07, 6.45) is 0. The van der Waals surface area contributed by atoms with Crippen LogP contribution in [0.4, 0.5) is 5.69 Å². The third kappa shape index (κ3) is 2.33. The van der Waals surface area contributed by atoms with Crippen molar-refractivity contribution < 1.29 is 17.5 Å². The molecule has 1 aliphatic rings. The van der Waals surface area contributed by atoms with Crippen molar-refractivity contribution in [1.29, 1.82) is 0 Å². The molecule has 0 bridgehead atoms. The maximum absolute atomic E-state index is 11.6. The van der Waals surface area contributed by atoms with Crippen LogP contribution >= 0.6 is 0 Å². The van der Waals surface area contributed by atoms with Gasteiger partial charge < -0.3 is 9.12 Å². The second kappa shape index (κ2) is 5.66. The second-order valence-electron chi connectivity index (χ2n) is 7.69. The molecule has 0 atom stereocenters. The van der Waals surface area contributed by atoms with E-state index in [4.69, 9.17) is 0 Å². The van der Waals surface area contributed by atoms with Gasteiger partial charge in [-0.25, -0.2) is 8.42 Å².